The quantitative estimate of drug-likeness (QED) is 0.409. The summed E-state index contributed by atoms with van der Waals surface area (Å²) < 4.78 is 0. The molecule has 4 aliphatic rings. The van der Waals surface area contributed by atoms with Gasteiger partial charge in [0.15, 0.2) is 0 Å². The van der Waals surface area contributed by atoms with Gasteiger partial charge in [-0.2, -0.15) is 0 Å². The summed E-state index contributed by atoms with van der Waals surface area (Å²) in [6, 6.07) is 0. The van der Waals surface area contributed by atoms with Crippen molar-refractivity contribution in [2.24, 2.45) is 34.5 Å². The van der Waals surface area contributed by atoms with E-state index in [0.717, 1.165) is 34.5 Å². The average molecular weight is 387 g/mol. The van der Waals surface area contributed by atoms with Crippen molar-refractivity contribution >= 4 is 0 Å². The monoisotopic (exact) mass is 386 g/mol. The Morgan fingerprint density at radius 1 is 0.536 bits per heavy atom. The van der Waals surface area contributed by atoms with Crippen molar-refractivity contribution < 1.29 is 0 Å². The molecule has 0 aromatic rings. The molecule has 0 saturated heterocycles. The molecular formula is C28H50. The highest BCUT2D eigenvalue weighted by molar-refractivity contribution is 5.06. The molecule has 0 radical (unpaired) electrons. The van der Waals surface area contributed by atoms with Crippen LogP contribution in [0.4, 0.5) is 0 Å². The number of hydrogen-bond acceptors (Lipinski definition) is 0. The molecule has 0 nitrogen and oxygen atoms in total. The molecule has 4 rings (SSSR count). The topological polar surface area (TPSA) is 0 Å². The summed E-state index contributed by atoms with van der Waals surface area (Å²) in [5.41, 5.74) is 1.65. The summed E-state index contributed by atoms with van der Waals surface area (Å²) in [4.78, 5) is 0. The summed E-state index contributed by atoms with van der Waals surface area (Å²) in [5.74, 6) is 4.40. The van der Waals surface area contributed by atoms with Crippen molar-refractivity contribution in [2.45, 2.75) is 142 Å². The third-order valence-electron chi connectivity index (χ3n) is 10.2. The second kappa shape index (κ2) is 9.43. The van der Waals surface area contributed by atoms with E-state index in [1.807, 2.05) is 0 Å². The fraction of sp³-hybridized carbons (Fsp3) is 1.00. The fourth-order valence-electron chi connectivity index (χ4n) is 8.48. The zero-order valence-corrected chi connectivity index (χ0v) is 19.5. The lowest BCUT2D eigenvalue weighted by Gasteiger charge is -2.62. The Morgan fingerprint density at radius 2 is 0.964 bits per heavy atom. The van der Waals surface area contributed by atoms with Gasteiger partial charge in [0.2, 0.25) is 0 Å². The first-order valence-corrected chi connectivity index (χ1v) is 13.7. The predicted octanol–water partition coefficient (Wildman–Crippen LogP) is 9.32. The third-order valence-corrected chi connectivity index (χ3v) is 10.2. The first kappa shape index (κ1) is 21.2. The molecule has 0 N–H and O–H groups in total. The minimum atomic E-state index is 0.824. The summed E-state index contributed by atoms with van der Waals surface area (Å²) in [6.07, 6.45) is 31.1. The van der Waals surface area contributed by atoms with Gasteiger partial charge < -0.3 is 0 Å². The molecular weight excluding hydrogens is 336 g/mol. The van der Waals surface area contributed by atoms with Crippen molar-refractivity contribution in [3.8, 4) is 0 Å². The van der Waals surface area contributed by atoms with Gasteiger partial charge in [-0.05, 0) is 112 Å². The summed E-state index contributed by atoms with van der Waals surface area (Å²) >= 11 is 0. The lowest BCUT2D eigenvalue weighted by Crippen LogP contribution is -2.50. The Bertz CT molecular complexity index is 442. The van der Waals surface area contributed by atoms with Gasteiger partial charge >= 0.3 is 0 Å². The molecule has 4 fully saturated rings. The van der Waals surface area contributed by atoms with Gasteiger partial charge in [-0.25, -0.2) is 0 Å². The molecule has 0 amide bonds. The third kappa shape index (κ3) is 4.83. The van der Waals surface area contributed by atoms with Gasteiger partial charge in [-0.15, -0.1) is 0 Å². The zero-order chi connectivity index (χ0) is 19.5. The molecule has 0 atom stereocenters. The fourth-order valence-corrected chi connectivity index (χ4v) is 8.48. The minimum absolute atomic E-state index is 0.824. The Hall–Kier alpha value is 0. The number of hydrogen-bond donors (Lipinski definition) is 0. The van der Waals surface area contributed by atoms with Crippen LogP contribution < -0.4 is 0 Å². The van der Waals surface area contributed by atoms with E-state index in [1.165, 1.54) is 38.5 Å². The molecule has 0 unspecified atom stereocenters. The van der Waals surface area contributed by atoms with Crippen LogP contribution in [0, 0.1) is 34.5 Å². The molecule has 2 spiro atoms. The van der Waals surface area contributed by atoms with E-state index in [4.69, 9.17) is 0 Å². The van der Waals surface area contributed by atoms with Crippen molar-refractivity contribution in [3.63, 3.8) is 0 Å². The molecule has 0 heteroatoms. The van der Waals surface area contributed by atoms with E-state index in [9.17, 15) is 0 Å². The first-order chi connectivity index (χ1) is 13.7. The van der Waals surface area contributed by atoms with E-state index in [1.54, 1.807) is 89.9 Å². The Labute approximate surface area is 177 Å². The van der Waals surface area contributed by atoms with Crippen molar-refractivity contribution in [1.29, 1.82) is 0 Å². The highest BCUT2D eigenvalue weighted by Gasteiger charge is 2.55. The number of rotatable bonds is 7. The van der Waals surface area contributed by atoms with Crippen molar-refractivity contribution in [2.75, 3.05) is 0 Å². The van der Waals surface area contributed by atoms with Crippen LogP contribution >= 0.6 is 0 Å². The van der Waals surface area contributed by atoms with Crippen LogP contribution in [-0.2, 0) is 0 Å². The van der Waals surface area contributed by atoms with Crippen LogP contribution in [0.5, 0.6) is 0 Å². The summed E-state index contributed by atoms with van der Waals surface area (Å²) in [7, 11) is 0. The van der Waals surface area contributed by atoms with Gasteiger partial charge in [0, 0.05) is 0 Å². The van der Waals surface area contributed by atoms with Gasteiger partial charge in [-0.1, -0.05) is 65.2 Å². The van der Waals surface area contributed by atoms with E-state index >= 15 is 0 Å². The smallest absolute Gasteiger partial charge is 0.0287 e. The highest BCUT2D eigenvalue weighted by Crippen LogP contribution is 2.67. The molecule has 4 aliphatic carbocycles. The van der Waals surface area contributed by atoms with Gasteiger partial charge in [0.1, 0.15) is 0 Å². The van der Waals surface area contributed by atoms with Gasteiger partial charge in [0.25, 0.3) is 0 Å². The molecule has 0 aliphatic heterocycles. The van der Waals surface area contributed by atoms with E-state index in [-0.39, 0.29) is 0 Å². The first-order valence-electron chi connectivity index (χ1n) is 13.7. The van der Waals surface area contributed by atoms with Gasteiger partial charge in [-0.3, -0.25) is 0 Å². The molecule has 28 heavy (non-hydrogen) atoms. The Kier molecular flexibility index (Phi) is 7.15. The van der Waals surface area contributed by atoms with Gasteiger partial charge in [0.05, 0.1) is 0 Å². The van der Waals surface area contributed by atoms with Crippen LogP contribution in [0.3, 0.4) is 0 Å². The Balaban J connectivity index is 1.16. The normalized spacial score (nSPS) is 43.9. The second-order valence-electron chi connectivity index (χ2n) is 12.2. The largest absolute Gasteiger partial charge is 0.0654 e. The highest BCUT2D eigenvalue weighted by atomic mass is 14.6. The standard InChI is InChI=1S/C28H50/c1-3-5-7-23-9-11-25(12-10-23)26-15-19-28(20-16-26)21-27(22-28)17-13-24(14-18-27)8-6-4-2/h23-26H,3-22H2,1-2H3. The second-order valence-corrected chi connectivity index (χ2v) is 12.2. The minimum Gasteiger partial charge on any atom is -0.0654 e. The summed E-state index contributed by atoms with van der Waals surface area (Å²) in [6.45, 7) is 4.71. The van der Waals surface area contributed by atoms with Crippen molar-refractivity contribution in [1.82, 2.24) is 0 Å². The zero-order valence-electron chi connectivity index (χ0n) is 19.5. The maximum Gasteiger partial charge on any atom is -0.0287 e. The van der Waals surface area contributed by atoms with E-state index in [2.05, 4.69) is 13.8 Å². The maximum atomic E-state index is 2.36. The lowest BCUT2D eigenvalue weighted by molar-refractivity contribution is -0.106. The van der Waals surface area contributed by atoms with E-state index < -0.39 is 0 Å². The molecule has 162 valence electrons. The van der Waals surface area contributed by atoms with Crippen molar-refractivity contribution in [3.05, 3.63) is 0 Å². The molecule has 0 heterocycles. The maximum absolute atomic E-state index is 2.36. The molecule has 0 aromatic heterocycles. The molecule has 0 aromatic carbocycles. The van der Waals surface area contributed by atoms with Crippen LogP contribution in [0.25, 0.3) is 0 Å². The summed E-state index contributed by atoms with van der Waals surface area (Å²) in [5, 5.41) is 0. The van der Waals surface area contributed by atoms with Crippen LogP contribution in [0.15, 0.2) is 0 Å². The van der Waals surface area contributed by atoms with E-state index in [0.29, 0.717) is 0 Å². The SMILES string of the molecule is CCCCC1CCC(C2CCC3(CC2)CC2(CCC(CCCC)CC2)C3)CC1. The lowest BCUT2D eigenvalue weighted by atomic mass is 9.43. The Morgan fingerprint density at radius 3 is 1.46 bits per heavy atom. The molecule has 4 saturated carbocycles. The number of unbranched alkanes of at least 4 members (excludes halogenated alkanes) is 2. The van der Waals surface area contributed by atoms with Crippen LogP contribution in [-0.4, -0.2) is 0 Å². The van der Waals surface area contributed by atoms with Crippen LogP contribution in [0.1, 0.15) is 142 Å². The average Bonchev–Trinajstić information content (AvgIpc) is 2.72. The predicted molar refractivity (Wildman–Crippen MR) is 123 cm³/mol. The molecule has 0 bridgehead atoms. The van der Waals surface area contributed by atoms with Crippen LogP contribution in [0.2, 0.25) is 0 Å².